The summed E-state index contributed by atoms with van der Waals surface area (Å²) in [6, 6.07) is 25.1. The molecule has 0 fully saturated rings. The van der Waals surface area contributed by atoms with Gasteiger partial charge in [0.25, 0.3) is 0 Å². The number of rotatable bonds is 11. The number of benzene rings is 3. The Kier molecular flexibility index (Phi) is 9.27. The van der Waals surface area contributed by atoms with Crippen LogP contribution in [0, 0.1) is 0 Å². The van der Waals surface area contributed by atoms with Gasteiger partial charge >= 0.3 is 5.97 Å². The molecule has 0 amide bonds. The lowest BCUT2D eigenvalue weighted by Crippen LogP contribution is -2.36. The Morgan fingerprint density at radius 2 is 1.60 bits per heavy atom. The van der Waals surface area contributed by atoms with Crippen molar-refractivity contribution in [3.05, 3.63) is 113 Å². The van der Waals surface area contributed by atoms with Gasteiger partial charge in [-0.15, -0.1) is 0 Å². The van der Waals surface area contributed by atoms with Crippen molar-refractivity contribution in [3.8, 4) is 17.2 Å². The van der Waals surface area contributed by atoms with Crippen LogP contribution in [0.1, 0.15) is 56.1 Å². The third-order valence-corrected chi connectivity index (χ3v) is 7.63. The number of dihydropyridines is 1. The second kappa shape index (κ2) is 13.4. The molecule has 7 nitrogen and oxygen atoms in total. The van der Waals surface area contributed by atoms with Gasteiger partial charge in [-0.2, -0.15) is 0 Å². The quantitative estimate of drug-likeness (QED) is 0.210. The van der Waals surface area contributed by atoms with Crippen molar-refractivity contribution in [2.75, 3.05) is 26.9 Å². The normalized spacial score (nSPS) is 18.2. The summed E-state index contributed by atoms with van der Waals surface area (Å²) < 4.78 is 23.0. The molecule has 1 aliphatic heterocycles. The highest BCUT2D eigenvalue weighted by Gasteiger charge is 2.41. The number of carbonyl (C=O) groups is 2. The van der Waals surface area contributed by atoms with Crippen molar-refractivity contribution in [2.45, 2.75) is 44.9 Å². The number of esters is 1. The molecular weight excluding hydrogens is 530 g/mol. The minimum atomic E-state index is -0.609. The minimum absolute atomic E-state index is 0.0121. The number of ketones is 1. The van der Waals surface area contributed by atoms with Gasteiger partial charge in [0.15, 0.2) is 17.3 Å². The molecule has 3 aromatic rings. The third kappa shape index (κ3) is 6.35. The van der Waals surface area contributed by atoms with Crippen LogP contribution in [-0.2, 0) is 14.3 Å². The van der Waals surface area contributed by atoms with Crippen LogP contribution in [0.15, 0.2) is 101 Å². The fourth-order valence-corrected chi connectivity index (χ4v) is 5.69. The Bertz CT molecular complexity index is 1480. The molecule has 0 aromatic heterocycles. The first-order valence-electron chi connectivity index (χ1n) is 14.4. The average Bonchev–Trinajstić information content (AvgIpc) is 3.02. The number of allylic oxidation sites excluding steroid dienone is 3. The minimum Gasteiger partial charge on any atom is -0.493 e. The average molecular weight is 568 g/mol. The second-order valence-electron chi connectivity index (χ2n) is 10.5. The number of methoxy groups -OCH3 is 1. The van der Waals surface area contributed by atoms with E-state index in [4.69, 9.17) is 18.9 Å². The van der Waals surface area contributed by atoms with E-state index in [0.29, 0.717) is 53.5 Å². The van der Waals surface area contributed by atoms with Crippen molar-refractivity contribution in [1.82, 2.24) is 5.32 Å². The molecule has 0 spiro atoms. The lowest BCUT2D eigenvalue weighted by atomic mass is 9.71. The van der Waals surface area contributed by atoms with E-state index in [0.717, 1.165) is 23.2 Å². The largest absolute Gasteiger partial charge is 0.493 e. The van der Waals surface area contributed by atoms with Crippen LogP contribution in [-0.4, -0.2) is 38.7 Å². The molecule has 2 unspecified atom stereocenters. The lowest BCUT2D eigenvalue weighted by Gasteiger charge is -2.36. The molecule has 0 bridgehead atoms. The monoisotopic (exact) mass is 567 g/mol. The number of hydrogen-bond donors (Lipinski definition) is 1. The molecule has 0 saturated heterocycles. The second-order valence-corrected chi connectivity index (χ2v) is 10.5. The molecule has 7 heteroatoms. The fourth-order valence-electron chi connectivity index (χ4n) is 5.69. The van der Waals surface area contributed by atoms with E-state index in [1.807, 2.05) is 80.6 Å². The molecule has 1 aliphatic carbocycles. The number of ether oxygens (including phenoxy) is 4. The number of carbonyl (C=O) groups excluding carboxylic acids is 2. The van der Waals surface area contributed by atoms with Crippen molar-refractivity contribution in [3.63, 3.8) is 0 Å². The predicted octanol–water partition coefficient (Wildman–Crippen LogP) is 6.47. The van der Waals surface area contributed by atoms with E-state index in [9.17, 15) is 9.59 Å². The highest BCUT2D eigenvalue weighted by molar-refractivity contribution is 6.04. The summed E-state index contributed by atoms with van der Waals surface area (Å²) in [5.41, 5.74) is 4.41. The molecular formula is C35H37NO6. The molecule has 0 radical (unpaired) electrons. The maximum Gasteiger partial charge on any atom is 0.336 e. The van der Waals surface area contributed by atoms with Crippen LogP contribution >= 0.6 is 0 Å². The van der Waals surface area contributed by atoms with Gasteiger partial charge in [-0.05, 0) is 61.1 Å². The summed E-state index contributed by atoms with van der Waals surface area (Å²) in [5, 5.41) is 3.41. The van der Waals surface area contributed by atoms with Gasteiger partial charge < -0.3 is 24.3 Å². The van der Waals surface area contributed by atoms with Crippen LogP contribution in [0.5, 0.6) is 17.2 Å². The Hall–Kier alpha value is -4.52. The van der Waals surface area contributed by atoms with E-state index in [1.165, 1.54) is 0 Å². The highest BCUT2D eigenvalue weighted by atomic mass is 16.6. The van der Waals surface area contributed by atoms with E-state index >= 15 is 0 Å². The molecule has 1 heterocycles. The summed E-state index contributed by atoms with van der Waals surface area (Å²) in [7, 11) is 1.59. The SMILES string of the molecule is CCCOc1ccc(C2C(C(=O)OCCOc3ccccc3)=C(C)NC3=C2C(=O)CC(c2ccccc2)C3)cc1OC. The molecule has 3 aromatic carbocycles. The Balaban J connectivity index is 1.46. The van der Waals surface area contributed by atoms with Crippen molar-refractivity contribution in [1.29, 1.82) is 0 Å². The molecule has 2 atom stereocenters. The van der Waals surface area contributed by atoms with Crippen LogP contribution in [0.25, 0.3) is 0 Å². The molecule has 5 rings (SSSR count). The Morgan fingerprint density at radius 1 is 0.857 bits per heavy atom. The highest BCUT2D eigenvalue weighted by Crippen LogP contribution is 2.47. The van der Waals surface area contributed by atoms with Gasteiger partial charge in [-0.1, -0.05) is 61.5 Å². The number of hydrogen-bond acceptors (Lipinski definition) is 7. The summed E-state index contributed by atoms with van der Waals surface area (Å²) in [4.78, 5) is 27.6. The summed E-state index contributed by atoms with van der Waals surface area (Å²) in [6.07, 6.45) is 1.89. The molecule has 42 heavy (non-hydrogen) atoms. The van der Waals surface area contributed by atoms with E-state index < -0.39 is 11.9 Å². The van der Waals surface area contributed by atoms with E-state index in [2.05, 4.69) is 17.4 Å². The number of nitrogens with one attached hydrogen (secondary N) is 1. The fraction of sp³-hybridized carbons (Fsp3) is 0.314. The van der Waals surface area contributed by atoms with Crippen LogP contribution in [0.4, 0.5) is 0 Å². The van der Waals surface area contributed by atoms with Gasteiger partial charge in [0, 0.05) is 29.3 Å². The van der Waals surface area contributed by atoms with Crippen molar-refractivity contribution < 1.29 is 28.5 Å². The van der Waals surface area contributed by atoms with Gasteiger partial charge in [-0.3, -0.25) is 4.79 Å². The molecule has 218 valence electrons. The van der Waals surface area contributed by atoms with Crippen LogP contribution in [0.3, 0.4) is 0 Å². The van der Waals surface area contributed by atoms with Gasteiger partial charge in [0.2, 0.25) is 0 Å². The van der Waals surface area contributed by atoms with E-state index in [1.54, 1.807) is 7.11 Å². The van der Waals surface area contributed by atoms with Gasteiger partial charge in [0.05, 0.1) is 19.3 Å². The zero-order chi connectivity index (χ0) is 29.5. The molecule has 0 saturated carbocycles. The first kappa shape index (κ1) is 29.0. The van der Waals surface area contributed by atoms with Crippen LogP contribution < -0.4 is 19.5 Å². The Morgan fingerprint density at radius 3 is 2.31 bits per heavy atom. The summed E-state index contributed by atoms with van der Waals surface area (Å²) in [6.45, 7) is 4.74. The predicted molar refractivity (Wildman–Crippen MR) is 161 cm³/mol. The molecule has 1 N–H and O–H groups in total. The smallest absolute Gasteiger partial charge is 0.336 e. The number of para-hydroxylation sites is 1. The van der Waals surface area contributed by atoms with Crippen molar-refractivity contribution in [2.24, 2.45) is 0 Å². The summed E-state index contributed by atoms with van der Waals surface area (Å²) >= 11 is 0. The standard InChI is InChI=1S/C35H37NO6/c1-4-17-41-30-16-15-25(22-31(30)39-3)33-32(35(38)42-19-18-40-27-13-9-6-10-14-27)23(2)36-28-20-26(21-29(37)34(28)33)24-11-7-5-8-12-24/h5-16,22,26,33,36H,4,17-21H2,1-3H3. The molecule has 2 aliphatic rings. The third-order valence-electron chi connectivity index (χ3n) is 7.63. The van der Waals surface area contributed by atoms with Gasteiger partial charge in [-0.25, -0.2) is 4.79 Å². The van der Waals surface area contributed by atoms with Gasteiger partial charge in [0.1, 0.15) is 19.0 Å². The van der Waals surface area contributed by atoms with Crippen LogP contribution in [0.2, 0.25) is 0 Å². The van der Waals surface area contributed by atoms with E-state index in [-0.39, 0.29) is 24.9 Å². The first-order valence-corrected chi connectivity index (χ1v) is 14.4. The Labute approximate surface area is 247 Å². The lowest BCUT2D eigenvalue weighted by molar-refractivity contribution is -0.140. The van der Waals surface area contributed by atoms with Crippen molar-refractivity contribution >= 4 is 11.8 Å². The first-order chi connectivity index (χ1) is 20.5. The summed E-state index contributed by atoms with van der Waals surface area (Å²) in [5.74, 6) is 0.842. The zero-order valence-corrected chi connectivity index (χ0v) is 24.4. The maximum atomic E-state index is 13.9. The number of Topliss-reactive ketones (excluding diaryl/α,β-unsaturated/α-hetero) is 1. The maximum absolute atomic E-state index is 13.9. The zero-order valence-electron chi connectivity index (χ0n) is 24.4. The topological polar surface area (TPSA) is 83.1 Å².